The van der Waals surface area contributed by atoms with Gasteiger partial charge in [0.05, 0.1) is 0 Å². The summed E-state index contributed by atoms with van der Waals surface area (Å²) in [5, 5.41) is 0. The molecule has 0 aromatic heterocycles. The highest BCUT2D eigenvalue weighted by Crippen LogP contribution is 2.33. The van der Waals surface area contributed by atoms with Crippen molar-refractivity contribution >= 4 is 15.9 Å². The summed E-state index contributed by atoms with van der Waals surface area (Å²) in [5.74, 6) is 1.05. The molecule has 16 heavy (non-hydrogen) atoms. The van der Waals surface area contributed by atoms with E-state index in [4.69, 9.17) is 0 Å². The SMILES string of the molecule is CCCCCCCCCCC1CCC(Br)C1. The molecule has 1 rings (SSSR count). The van der Waals surface area contributed by atoms with E-state index in [1.165, 1.54) is 77.0 Å². The molecule has 96 valence electrons. The van der Waals surface area contributed by atoms with Gasteiger partial charge in [0, 0.05) is 4.83 Å². The van der Waals surface area contributed by atoms with Gasteiger partial charge in [0.2, 0.25) is 0 Å². The first-order valence-corrected chi connectivity index (χ1v) is 8.38. The third-order valence-corrected chi connectivity index (χ3v) is 4.77. The molecule has 0 heterocycles. The topological polar surface area (TPSA) is 0 Å². The van der Waals surface area contributed by atoms with E-state index < -0.39 is 0 Å². The normalized spacial score (nSPS) is 25.1. The first kappa shape index (κ1) is 14.5. The lowest BCUT2D eigenvalue weighted by Crippen LogP contribution is -1.95. The molecule has 1 saturated carbocycles. The summed E-state index contributed by atoms with van der Waals surface area (Å²) >= 11 is 3.74. The molecule has 2 unspecified atom stereocenters. The van der Waals surface area contributed by atoms with Crippen LogP contribution in [0.25, 0.3) is 0 Å². The van der Waals surface area contributed by atoms with E-state index in [1.807, 2.05) is 0 Å². The molecule has 1 aliphatic carbocycles. The van der Waals surface area contributed by atoms with Crippen molar-refractivity contribution in [1.29, 1.82) is 0 Å². The predicted molar refractivity (Wildman–Crippen MR) is 77.3 cm³/mol. The van der Waals surface area contributed by atoms with Crippen molar-refractivity contribution in [2.75, 3.05) is 0 Å². The minimum absolute atomic E-state index is 0.839. The van der Waals surface area contributed by atoms with Crippen molar-refractivity contribution in [2.45, 2.75) is 88.8 Å². The van der Waals surface area contributed by atoms with Gasteiger partial charge in [-0.25, -0.2) is 0 Å². The summed E-state index contributed by atoms with van der Waals surface area (Å²) < 4.78 is 0. The van der Waals surface area contributed by atoms with Gasteiger partial charge < -0.3 is 0 Å². The first-order valence-electron chi connectivity index (χ1n) is 7.47. The monoisotopic (exact) mass is 288 g/mol. The molecular formula is C15H29Br. The highest BCUT2D eigenvalue weighted by molar-refractivity contribution is 9.09. The van der Waals surface area contributed by atoms with Crippen LogP contribution in [0, 0.1) is 5.92 Å². The molecule has 1 heteroatoms. The molecule has 0 aliphatic heterocycles. The summed E-state index contributed by atoms with van der Waals surface area (Å²) in [7, 11) is 0. The van der Waals surface area contributed by atoms with Gasteiger partial charge in [0.15, 0.2) is 0 Å². The second-order valence-electron chi connectivity index (χ2n) is 5.54. The zero-order chi connectivity index (χ0) is 11.6. The van der Waals surface area contributed by atoms with Gasteiger partial charge in [-0.05, 0) is 25.2 Å². The Hall–Kier alpha value is 0.480. The van der Waals surface area contributed by atoms with E-state index in [9.17, 15) is 0 Å². The Kier molecular flexibility index (Phi) is 8.64. The Morgan fingerprint density at radius 3 is 2.06 bits per heavy atom. The van der Waals surface area contributed by atoms with Crippen LogP contribution in [0.1, 0.15) is 84.0 Å². The number of hydrogen-bond acceptors (Lipinski definition) is 0. The lowest BCUT2D eigenvalue weighted by molar-refractivity contribution is 0.461. The van der Waals surface area contributed by atoms with Gasteiger partial charge >= 0.3 is 0 Å². The van der Waals surface area contributed by atoms with Gasteiger partial charge in [-0.1, -0.05) is 80.6 Å². The van der Waals surface area contributed by atoms with Crippen molar-refractivity contribution in [3.8, 4) is 0 Å². The van der Waals surface area contributed by atoms with Crippen LogP contribution in [0.3, 0.4) is 0 Å². The van der Waals surface area contributed by atoms with Crippen LogP contribution in [-0.2, 0) is 0 Å². The third kappa shape index (κ3) is 6.93. The second kappa shape index (κ2) is 9.50. The van der Waals surface area contributed by atoms with E-state index in [-0.39, 0.29) is 0 Å². The van der Waals surface area contributed by atoms with E-state index in [1.54, 1.807) is 0 Å². The molecule has 0 N–H and O–H groups in total. The number of unbranched alkanes of at least 4 members (excludes halogenated alkanes) is 7. The number of hydrogen-bond donors (Lipinski definition) is 0. The van der Waals surface area contributed by atoms with Gasteiger partial charge in [-0.15, -0.1) is 0 Å². The number of rotatable bonds is 9. The molecule has 0 saturated heterocycles. The molecule has 0 amide bonds. The maximum atomic E-state index is 3.74. The average Bonchev–Trinajstić information content (AvgIpc) is 2.68. The zero-order valence-electron chi connectivity index (χ0n) is 11.0. The third-order valence-electron chi connectivity index (χ3n) is 3.94. The minimum atomic E-state index is 0.839. The highest BCUT2D eigenvalue weighted by Gasteiger charge is 2.21. The number of halogens is 1. The Morgan fingerprint density at radius 2 is 1.50 bits per heavy atom. The smallest absolute Gasteiger partial charge is 0.0148 e. The van der Waals surface area contributed by atoms with Crippen LogP contribution in [0.15, 0.2) is 0 Å². The highest BCUT2D eigenvalue weighted by atomic mass is 79.9. The summed E-state index contributed by atoms with van der Waals surface area (Å²) in [4.78, 5) is 0.839. The molecule has 0 radical (unpaired) electrons. The second-order valence-corrected chi connectivity index (χ2v) is 6.83. The maximum Gasteiger partial charge on any atom is 0.0148 e. The quantitative estimate of drug-likeness (QED) is 0.356. The molecule has 0 spiro atoms. The Balaban J connectivity index is 1.78. The minimum Gasteiger partial charge on any atom is -0.0891 e. The first-order chi connectivity index (χ1) is 7.83. The van der Waals surface area contributed by atoms with Crippen molar-refractivity contribution < 1.29 is 0 Å². The molecule has 2 atom stereocenters. The predicted octanol–water partition coefficient (Wildman–Crippen LogP) is 6.08. The van der Waals surface area contributed by atoms with Gasteiger partial charge in [-0.3, -0.25) is 0 Å². The van der Waals surface area contributed by atoms with Crippen LogP contribution in [0.5, 0.6) is 0 Å². The van der Waals surface area contributed by atoms with Crippen molar-refractivity contribution in [3.05, 3.63) is 0 Å². The lowest BCUT2D eigenvalue weighted by atomic mass is 9.99. The standard InChI is InChI=1S/C15H29Br/c1-2-3-4-5-6-7-8-9-10-14-11-12-15(16)13-14/h14-15H,2-13H2,1H3. The molecule has 1 fully saturated rings. The van der Waals surface area contributed by atoms with E-state index in [0.717, 1.165) is 10.7 Å². The van der Waals surface area contributed by atoms with E-state index in [2.05, 4.69) is 22.9 Å². The van der Waals surface area contributed by atoms with Crippen LogP contribution < -0.4 is 0 Å². The fourth-order valence-corrected chi connectivity index (χ4v) is 3.64. The van der Waals surface area contributed by atoms with Crippen LogP contribution >= 0.6 is 15.9 Å². The summed E-state index contributed by atoms with van der Waals surface area (Å²) in [6.07, 6.45) is 17.5. The zero-order valence-corrected chi connectivity index (χ0v) is 12.6. The lowest BCUT2D eigenvalue weighted by Gasteiger charge is -2.08. The molecular weight excluding hydrogens is 260 g/mol. The summed E-state index contributed by atoms with van der Waals surface area (Å²) in [6.45, 7) is 2.29. The van der Waals surface area contributed by atoms with E-state index in [0.29, 0.717) is 0 Å². The van der Waals surface area contributed by atoms with Gasteiger partial charge in [0.25, 0.3) is 0 Å². The summed E-state index contributed by atoms with van der Waals surface area (Å²) in [6, 6.07) is 0. The largest absolute Gasteiger partial charge is 0.0891 e. The molecule has 0 nitrogen and oxygen atoms in total. The molecule has 1 aliphatic rings. The number of alkyl halides is 1. The van der Waals surface area contributed by atoms with Gasteiger partial charge in [-0.2, -0.15) is 0 Å². The fourth-order valence-electron chi connectivity index (χ4n) is 2.84. The van der Waals surface area contributed by atoms with Crippen LogP contribution in [0.2, 0.25) is 0 Å². The molecule has 0 aromatic carbocycles. The van der Waals surface area contributed by atoms with Crippen molar-refractivity contribution in [2.24, 2.45) is 5.92 Å². The van der Waals surface area contributed by atoms with Crippen molar-refractivity contribution in [1.82, 2.24) is 0 Å². The Morgan fingerprint density at radius 1 is 0.875 bits per heavy atom. The maximum absolute atomic E-state index is 3.74. The van der Waals surface area contributed by atoms with Crippen LogP contribution in [-0.4, -0.2) is 4.83 Å². The Bertz CT molecular complexity index is 156. The summed E-state index contributed by atoms with van der Waals surface area (Å²) in [5.41, 5.74) is 0. The fraction of sp³-hybridized carbons (Fsp3) is 1.00. The van der Waals surface area contributed by atoms with Crippen molar-refractivity contribution in [3.63, 3.8) is 0 Å². The molecule has 0 bridgehead atoms. The van der Waals surface area contributed by atoms with Gasteiger partial charge in [0.1, 0.15) is 0 Å². The van der Waals surface area contributed by atoms with Crippen LogP contribution in [0.4, 0.5) is 0 Å². The Labute approximate surface area is 111 Å². The van der Waals surface area contributed by atoms with E-state index >= 15 is 0 Å². The average molecular weight is 289 g/mol. The molecule has 0 aromatic rings.